The first-order chi connectivity index (χ1) is 5.97. The highest BCUT2D eigenvalue weighted by molar-refractivity contribution is 5.07. The molecule has 0 saturated carbocycles. The molecule has 0 bridgehead atoms. The van der Waals surface area contributed by atoms with Gasteiger partial charge in [0.25, 0.3) is 0 Å². The fraction of sp³-hybridized carbons (Fsp3) is 0.500. The molecule has 0 aromatic carbocycles. The molecule has 1 radical (unpaired) electrons. The first-order valence-corrected chi connectivity index (χ1v) is 4.53. The van der Waals surface area contributed by atoms with Gasteiger partial charge >= 0.3 is 0 Å². The lowest BCUT2D eigenvalue weighted by Crippen LogP contribution is -2.27. The van der Waals surface area contributed by atoms with Gasteiger partial charge in [0.2, 0.25) is 0 Å². The van der Waals surface area contributed by atoms with Gasteiger partial charge in [-0.1, -0.05) is 12.5 Å². The quantitative estimate of drug-likeness (QED) is 0.678. The summed E-state index contributed by atoms with van der Waals surface area (Å²) < 4.78 is 0. The van der Waals surface area contributed by atoms with Crippen molar-refractivity contribution < 1.29 is 0 Å². The zero-order valence-electron chi connectivity index (χ0n) is 7.09. The van der Waals surface area contributed by atoms with E-state index in [0.717, 1.165) is 12.2 Å². The normalized spacial score (nSPS) is 23.8. The van der Waals surface area contributed by atoms with Crippen LogP contribution in [0, 0.1) is 6.07 Å². The van der Waals surface area contributed by atoms with E-state index < -0.39 is 0 Å². The number of pyridine rings is 1. The second-order valence-corrected chi connectivity index (χ2v) is 3.17. The monoisotopic (exact) mass is 161 g/mol. The van der Waals surface area contributed by atoms with Crippen LogP contribution in [0.15, 0.2) is 18.3 Å². The van der Waals surface area contributed by atoms with Crippen LogP contribution in [0.5, 0.6) is 0 Å². The summed E-state index contributed by atoms with van der Waals surface area (Å²) in [4.78, 5) is 4.28. The summed E-state index contributed by atoms with van der Waals surface area (Å²) in [6, 6.07) is 7.45. The van der Waals surface area contributed by atoms with Crippen molar-refractivity contribution in [1.29, 1.82) is 0 Å². The Kier molecular flexibility index (Phi) is 2.37. The SMILES string of the molecule is [c]1cccnc1C1CCCCN1. The number of nitrogens with zero attached hydrogens (tertiary/aromatic N) is 1. The molecule has 1 aliphatic heterocycles. The maximum absolute atomic E-state index is 4.28. The lowest BCUT2D eigenvalue weighted by molar-refractivity contribution is 0.405. The highest BCUT2D eigenvalue weighted by Crippen LogP contribution is 2.19. The molecule has 1 aromatic heterocycles. The Morgan fingerprint density at radius 1 is 1.50 bits per heavy atom. The molecule has 2 nitrogen and oxygen atoms in total. The molecular formula is C10H13N2. The lowest BCUT2D eigenvalue weighted by Gasteiger charge is -2.22. The van der Waals surface area contributed by atoms with E-state index in [1.54, 1.807) is 0 Å². The minimum Gasteiger partial charge on any atom is -0.309 e. The van der Waals surface area contributed by atoms with Crippen LogP contribution in [0.4, 0.5) is 0 Å². The number of hydrogen-bond acceptors (Lipinski definition) is 2. The highest BCUT2D eigenvalue weighted by atomic mass is 14.9. The van der Waals surface area contributed by atoms with Crippen LogP contribution < -0.4 is 5.32 Å². The Hall–Kier alpha value is -0.890. The average molecular weight is 161 g/mol. The number of hydrogen-bond donors (Lipinski definition) is 1. The zero-order valence-corrected chi connectivity index (χ0v) is 7.09. The predicted molar refractivity (Wildman–Crippen MR) is 47.7 cm³/mol. The molecule has 1 aliphatic rings. The van der Waals surface area contributed by atoms with Crippen LogP contribution in [0.3, 0.4) is 0 Å². The second kappa shape index (κ2) is 3.68. The summed E-state index contributed by atoms with van der Waals surface area (Å²) in [5.41, 5.74) is 1.07. The molecule has 0 amide bonds. The molecule has 2 rings (SSSR count). The first kappa shape index (κ1) is 7.74. The maximum Gasteiger partial charge on any atom is 0.0652 e. The molecule has 2 heteroatoms. The summed E-state index contributed by atoms with van der Waals surface area (Å²) >= 11 is 0. The Morgan fingerprint density at radius 3 is 3.17 bits per heavy atom. The van der Waals surface area contributed by atoms with E-state index in [1.165, 1.54) is 19.3 Å². The standard InChI is InChI=1S/C10H13N2/c1-3-7-11-9(5-1)10-6-2-4-8-12-10/h1,3,7,10,12H,2,4,6,8H2. The molecule has 0 aliphatic carbocycles. The van der Waals surface area contributed by atoms with Crippen molar-refractivity contribution in [2.75, 3.05) is 6.54 Å². The van der Waals surface area contributed by atoms with Crippen molar-refractivity contribution in [3.8, 4) is 0 Å². The van der Waals surface area contributed by atoms with Gasteiger partial charge in [0.05, 0.1) is 11.7 Å². The molecule has 1 aromatic rings. The summed E-state index contributed by atoms with van der Waals surface area (Å²) in [5.74, 6) is 0. The van der Waals surface area contributed by atoms with Gasteiger partial charge in [0, 0.05) is 12.3 Å². The Morgan fingerprint density at radius 2 is 2.50 bits per heavy atom. The van der Waals surface area contributed by atoms with Gasteiger partial charge in [-0.15, -0.1) is 0 Å². The van der Waals surface area contributed by atoms with Gasteiger partial charge in [0.15, 0.2) is 0 Å². The number of aromatic nitrogens is 1. The molecular weight excluding hydrogens is 148 g/mol. The largest absolute Gasteiger partial charge is 0.309 e. The highest BCUT2D eigenvalue weighted by Gasteiger charge is 2.14. The van der Waals surface area contributed by atoms with Crippen LogP contribution in [-0.4, -0.2) is 11.5 Å². The fourth-order valence-corrected chi connectivity index (χ4v) is 1.61. The number of nitrogens with one attached hydrogen (secondary N) is 1. The Labute approximate surface area is 73.0 Å². The minimum atomic E-state index is 0.444. The van der Waals surface area contributed by atoms with Crippen LogP contribution in [-0.2, 0) is 0 Å². The zero-order chi connectivity index (χ0) is 8.23. The van der Waals surface area contributed by atoms with Gasteiger partial charge in [-0.05, 0) is 25.5 Å². The lowest BCUT2D eigenvalue weighted by atomic mass is 10.0. The van der Waals surface area contributed by atoms with E-state index in [4.69, 9.17) is 0 Å². The summed E-state index contributed by atoms with van der Waals surface area (Å²) in [7, 11) is 0. The predicted octanol–water partition coefficient (Wildman–Crippen LogP) is 1.70. The Bertz CT molecular complexity index is 227. The molecule has 1 atom stereocenters. The van der Waals surface area contributed by atoms with Crippen molar-refractivity contribution in [3.05, 3.63) is 30.1 Å². The van der Waals surface area contributed by atoms with Crippen molar-refractivity contribution in [1.82, 2.24) is 10.3 Å². The van der Waals surface area contributed by atoms with Gasteiger partial charge in [0.1, 0.15) is 0 Å². The summed E-state index contributed by atoms with van der Waals surface area (Å²) in [6.45, 7) is 1.12. The molecule has 1 saturated heterocycles. The van der Waals surface area contributed by atoms with Crippen molar-refractivity contribution in [3.63, 3.8) is 0 Å². The third-order valence-electron chi connectivity index (χ3n) is 2.27. The van der Waals surface area contributed by atoms with Gasteiger partial charge in [-0.25, -0.2) is 0 Å². The van der Waals surface area contributed by atoms with E-state index in [2.05, 4.69) is 16.4 Å². The first-order valence-electron chi connectivity index (χ1n) is 4.53. The molecule has 1 unspecified atom stereocenters. The van der Waals surface area contributed by atoms with Gasteiger partial charge < -0.3 is 5.32 Å². The maximum atomic E-state index is 4.28. The van der Waals surface area contributed by atoms with E-state index >= 15 is 0 Å². The summed E-state index contributed by atoms with van der Waals surface area (Å²) in [6.07, 6.45) is 5.64. The van der Waals surface area contributed by atoms with Crippen LogP contribution in [0.1, 0.15) is 31.0 Å². The summed E-state index contributed by atoms with van der Waals surface area (Å²) in [5, 5.41) is 3.44. The minimum absolute atomic E-state index is 0.444. The van der Waals surface area contributed by atoms with Gasteiger partial charge in [-0.2, -0.15) is 0 Å². The third kappa shape index (κ3) is 1.64. The topological polar surface area (TPSA) is 24.9 Å². The Balaban J connectivity index is 2.08. The van der Waals surface area contributed by atoms with Crippen molar-refractivity contribution in [2.45, 2.75) is 25.3 Å². The average Bonchev–Trinajstić information content (AvgIpc) is 2.21. The van der Waals surface area contributed by atoms with E-state index in [-0.39, 0.29) is 0 Å². The van der Waals surface area contributed by atoms with E-state index in [1.807, 2.05) is 18.3 Å². The van der Waals surface area contributed by atoms with Crippen molar-refractivity contribution in [2.24, 2.45) is 0 Å². The molecule has 12 heavy (non-hydrogen) atoms. The number of rotatable bonds is 1. The fourth-order valence-electron chi connectivity index (χ4n) is 1.61. The van der Waals surface area contributed by atoms with Crippen LogP contribution in [0.25, 0.3) is 0 Å². The van der Waals surface area contributed by atoms with Crippen LogP contribution >= 0.6 is 0 Å². The number of piperidine rings is 1. The third-order valence-corrected chi connectivity index (χ3v) is 2.27. The molecule has 2 heterocycles. The molecule has 0 spiro atoms. The smallest absolute Gasteiger partial charge is 0.0652 e. The van der Waals surface area contributed by atoms with E-state index in [9.17, 15) is 0 Å². The van der Waals surface area contributed by atoms with Crippen LogP contribution in [0.2, 0.25) is 0 Å². The van der Waals surface area contributed by atoms with Gasteiger partial charge in [-0.3, -0.25) is 4.98 Å². The molecule has 1 fully saturated rings. The van der Waals surface area contributed by atoms with Crippen molar-refractivity contribution >= 4 is 0 Å². The second-order valence-electron chi connectivity index (χ2n) is 3.17. The molecule has 1 N–H and O–H groups in total. The van der Waals surface area contributed by atoms with E-state index in [0.29, 0.717) is 6.04 Å². The molecule has 63 valence electrons.